The normalized spacial score (nSPS) is 20.3. The number of likely N-dealkylation sites (N-methyl/N-ethyl adjacent to an activating group) is 1. The lowest BCUT2D eigenvalue weighted by atomic mass is 9.87. The van der Waals surface area contributed by atoms with Gasteiger partial charge in [0.15, 0.2) is 0 Å². The molecule has 140 valence electrons. The van der Waals surface area contributed by atoms with Crippen molar-refractivity contribution in [2.24, 2.45) is 5.92 Å². The van der Waals surface area contributed by atoms with Crippen LogP contribution in [-0.4, -0.2) is 44.5 Å². The number of nitrogens with zero attached hydrogens (tertiary/aromatic N) is 3. The summed E-state index contributed by atoms with van der Waals surface area (Å²) in [4.78, 5) is 42.4. The summed E-state index contributed by atoms with van der Waals surface area (Å²) in [7, 11) is 1.75. The standard InChI is InChI=1S/C18H23N3O5/c1-10-4-6-12(7-5-10)20(3)13(22)8-21-9-19-16-15(17(21)23)14(18(24)25)11(2)26-16/h9-10,12H,4-8H2,1-3H3,(H,24,25). The third-order valence-electron chi connectivity index (χ3n) is 5.30. The Morgan fingerprint density at radius 3 is 2.62 bits per heavy atom. The first-order valence-corrected chi connectivity index (χ1v) is 8.77. The highest BCUT2D eigenvalue weighted by Crippen LogP contribution is 2.26. The molecule has 26 heavy (non-hydrogen) atoms. The Morgan fingerprint density at radius 2 is 2.00 bits per heavy atom. The molecule has 1 aliphatic rings. The van der Waals surface area contributed by atoms with E-state index in [9.17, 15) is 19.5 Å². The molecule has 2 heterocycles. The summed E-state index contributed by atoms with van der Waals surface area (Å²) >= 11 is 0. The fourth-order valence-electron chi connectivity index (χ4n) is 3.60. The SMILES string of the molecule is Cc1oc2ncn(CC(=O)N(C)C3CCC(C)CC3)c(=O)c2c1C(=O)O. The number of aryl methyl sites for hydroxylation is 1. The molecule has 0 radical (unpaired) electrons. The summed E-state index contributed by atoms with van der Waals surface area (Å²) in [6.45, 7) is 3.51. The van der Waals surface area contributed by atoms with Gasteiger partial charge in [0.25, 0.3) is 5.56 Å². The average molecular weight is 361 g/mol. The third-order valence-corrected chi connectivity index (χ3v) is 5.30. The minimum atomic E-state index is -1.25. The van der Waals surface area contributed by atoms with Crippen LogP contribution in [0, 0.1) is 12.8 Å². The number of fused-ring (bicyclic) bond motifs is 1. The van der Waals surface area contributed by atoms with E-state index in [2.05, 4.69) is 11.9 Å². The highest BCUT2D eigenvalue weighted by molar-refractivity contribution is 6.02. The number of aromatic nitrogens is 2. The van der Waals surface area contributed by atoms with Crippen LogP contribution in [0.25, 0.3) is 11.1 Å². The maximum absolute atomic E-state index is 12.7. The molecular weight excluding hydrogens is 338 g/mol. The number of carboxylic acid groups (broad SMARTS) is 1. The van der Waals surface area contributed by atoms with Crippen molar-refractivity contribution in [3.8, 4) is 0 Å². The van der Waals surface area contributed by atoms with E-state index >= 15 is 0 Å². The van der Waals surface area contributed by atoms with E-state index < -0.39 is 11.5 Å². The second-order valence-corrected chi connectivity index (χ2v) is 7.11. The van der Waals surface area contributed by atoms with Gasteiger partial charge in [-0.1, -0.05) is 6.92 Å². The van der Waals surface area contributed by atoms with Gasteiger partial charge in [-0.2, -0.15) is 0 Å². The van der Waals surface area contributed by atoms with Gasteiger partial charge in [-0.05, 0) is 38.5 Å². The minimum absolute atomic E-state index is 0.0248. The zero-order valence-electron chi connectivity index (χ0n) is 15.2. The molecule has 0 spiro atoms. The van der Waals surface area contributed by atoms with E-state index in [1.54, 1.807) is 11.9 Å². The van der Waals surface area contributed by atoms with Crippen LogP contribution in [0.3, 0.4) is 0 Å². The van der Waals surface area contributed by atoms with Crippen molar-refractivity contribution in [3.63, 3.8) is 0 Å². The summed E-state index contributed by atoms with van der Waals surface area (Å²) in [5, 5.41) is 9.22. The summed E-state index contributed by atoms with van der Waals surface area (Å²) in [5.41, 5.74) is -0.805. The van der Waals surface area contributed by atoms with Crippen LogP contribution in [0.2, 0.25) is 0 Å². The minimum Gasteiger partial charge on any atom is -0.478 e. The Labute approximate surface area is 150 Å². The molecular formula is C18H23N3O5. The molecule has 1 aliphatic carbocycles. The molecule has 8 nitrogen and oxygen atoms in total. The summed E-state index contributed by atoms with van der Waals surface area (Å²) in [6.07, 6.45) is 5.32. The number of aromatic carboxylic acids is 1. The number of hydrogen-bond donors (Lipinski definition) is 1. The first-order chi connectivity index (χ1) is 12.3. The molecule has 0 unspecified atom stereocenters. The molecule has 3 rings (SSSR count). The third kappa shape index (κ3) is 3.23. The molecule has 1 fully saturated rings. The van der Waals surface area contributed by atoms with Gasteiger partial charge in [-0.25, -0.2) is 9.78 Å². The monoisotopic (exact) mass is 361 g/mol. The smallest absolute Gasteiger partial charge is 0.340 e. The number of carboxylic acids is 1. The van der Waals surface area contributed by atoms with E-state index in [4.69, 9.17) is 4.42 Å². The molecule has 0 atom stereocenters. The fourth-order valence-corrected chi connectivity index (χ4v) is 3.60. The number of hydrogen-bond acceptors (Lipinski definition) is 5. The predicted octanol–water partition coefficient (Wildman–Crippen LogP) is 2.03. The molecule has 0 aromatic carbocycles. The zero-order valence-corrected chi connectivity index (χ0v) is 15.2. The molecule has 1 N–H and O–H groups in total. The maximum atomic E-state index is 12.7. The van der Waals surface area contributed by atoms with Crippen molar-refractivity contribution in [2.45, 2.75) is 52.1 Å². The van der Waals surface area contributed by atoms with Gasteiger partial charge < -0.3 is 14.4 Å². The highest BCUT2D eigenvalue weighted by atomic mass is 16.4. The van der Waals surface area contributed by atoms with E-state index in [1.165, 1.54) is 13.3 Å². The van der Waals surface area contributed by atoms with Crippen LogP contribution < -0.4 is 5.56 Å². The van der Waals surface area contributed by atoms with Crippen LogP contribution in [0.4, 0.5) is 0 Å². The Bertz CT molecular complexity index is 905. The van der Waals surface area contributed by atoms with Crippen molar-refractivity contribution in [2.75, 3.05) is 7.05 Å². The van der Waals surface area contributed by atoms with Crippen LogP contribution in [0.5, 0.6) is 0 Å². The Hall–Kier alpha value is -2.64. The number of rotatable bonds is 4. The molecule has 1 saturated carbocycles. The van der Waals surface area contributed by atoms with Gasteiger partial charge in [0.1, 0.15) is 29.6 Å². The number of furan rings is 1. The van der Waals surface area contributed by atoms with E-state index in [1.807, 2.05) is 0 Å². The number of amides is 1. The van der Waals surface area contributed by atoms with Crippen molar-refractivity contribution in [1.82, 2.24) is 14.5 Å². The lowest BCUT2D eigenvalue weighted by Gasteiger charge is -2.33. The van der Waals surface area contributed by atoms with Gasteiger partial charge in [0.2, 0.25) is 11.6 Å². The molecule has 0 bridgehead atoms. The first-order valence-electron chi connectivity index (χ1n) is 8.77. The Balaban J connectivity index is 1.86. The molecule has 2 aromatic heterocycles. The number of carbonyl (C=O) groups excluding carboxylic acids is 1. The second kappa shape index (κ2) is 6.93. The van der Waals surface area contributed by atoms with Crippen LogP contribution >= 0.6 is 0 Å². The molecule has 2 aromatic rings. The van der Waals surface area contributed by atoms with Crippen LogP contribution in [0.15, 0.2) is 15.5 Å². The van der Waals surface area contributed by atoms with Crippen molar-refractivity contribution < 1.29 is 19.1 Å². The fraction of sp³-hybridized carbons (Fsp3) is 0.556. The zero-order chi connectivity index (χ0) is 19.0. The average Bonchev–Trinajstić information content (AvgIpc) is 2.94. The van der Waals surface area contributed by atoms with Crippen molar-refractivity contribution >= 4 is 23.0 Å². The summed E-state index contributed by atoms with van der Waals surface area (Å²) in [5.74, 6) is -0.639. The molecule has 0 saturated heterocycles. The Morgan fingerprint density at radius 1 is 1.35 bits per heavy atom. The Kier molecular flexibility index (Phi) is 4.84. The van der Waals surface area contributed by atoms with Gasteiger partial charge in [0.05, 0.1) is 0 Å². The second-order valence-electron chi connectivity index (χ2n) is 7.11. The van der Waals surface area contributed by atoms with Crippen LogP contribution in [0.1, 0.15) is 48.7 Å². The summed E-state index contributed by atoms with van der Waals surface area (Å²) < 4.78 is 6.40. The molecule has 1 amide bonds. The lowest BCUT2D eigenvalue weighted by molar-refractivity contribution is -0.133. The van der Waals surface area contributed by atoms with Gasteiger partial charge in [0, 0.05) is 13.1 Å². The van der Waals surface area contributed by atoms with Gasteiger partial charge >= 0.3 is 5.97 Å². The van der Waals surface area contributed by atoms with Gasteiger partial charge in [-0.3, -0.25) is 14.2 Å². The van der Waals surface area contributed by atoms with E-state index in [-0.39, 0.29) is 40.9 Å². The number of carbonyl (C=O) groups is 2. The largest absolute Gasteiger partial charge is 0.478 e. The highest BCUT2D eigenvalue weighted by Gasteiger charge is 2.26. The maximum Gasteiger partial charge on any atom is 0.340 e. The predicted molar refractivity (Wildman–Crippen MR) is 94.2 cm³/mol. The topological polar surface area (TPSA) is 106 Å². The quantitative estimate of drug-likeness (QED) is 0.893. The molecule has 0 aliphatic heterocycles. The summed E-state index contributed by atoms with van der Waals surface area (Å²) in [6, 6.07) is 0.178. The first kappa shape index (κ1) is 18.2. The van der Waals surface area contributed by atoms with Crippen LogP contribution in [-0.2, 0) is 11.3 Å². The lowest BCUT2D eigenvalue weighted by Crippen LogP contribution is -2.42. The van der Waals surface area contributed by atoms with Crippen molar-refractivity contribution in [1.29, 1.82) is 0 Å². The van der Waals surface area contributed by atoms with E-state index in [0.29, 0.717) is 5.92 Å². The molecule has 8 heteroatoms. The van der Waals surface area contributed by atoms with E-state index in [0.717, 1.165) is 30.3 Å². The van der Waals surface area contributed by atoms with Crippen molar-refractivity contribution in [3.05, 3.63) is 28.0 Å². The van der Waals surface area contributed by atoms with Gasteiger partial charge in [-0.15, -0.1) is 0 Å².